The molecule has 1 rings (SSSR count). The van der Waals surface area contributed by atoms with Gasteiger partial charge in [0.05, 0.1) is 10.7 Å². The Kier molecular flexibility index (Phi) is 4.99. The molecule has 1 atom stereocenters. The van der Waals surface area contributed by atoms with Crippen LogP contribution in [0, 0.1) is 5.82 Å². The van der Waals surface area contributed by atoms with Crippen molar-refractivity contribution in [3.8, 4) is 0 Å². The number of alkyl halides is 3. The second-order valence-electron chi connectivity index (χ2n) is 3.80. The topological polar surface area (TPSA) is 41.1 Å². The molecule has 0 bridgehead atoms. The number of anilines is 1. The van der Waals surface area contributed by atoms with Gasteiger partial charge in [-0.1, -0.05) is 17.7 Å². The molecule has 1 aromatic rings. The molecule has 0 aromatic heterocycles. The van der Waals surface area contributed by atoms with Crippen LogP contribution in [0.25, 0.3) is 0 Å². The van der Waals surface area contributed by atoms with Crippen molar-refractivity contribution in [3.63, 3.8) is 0 Å². The average Bonchev–Trinajstić information content (AvgIpc) is 2.29. The minimum atomic E-state index is -4.50. The van der Waals surface area contributed by atoms with Gasteiger partial charge >= 0.3 is 6.18 Å². The van der Waals surface area contributed by atoms with E-state index in [1.807, 2.05) is 0 Å². The molecule has 2 N–H and O–H groups in total. The molecular weight excluding hydrogens is 288 g/mol. The van der Waals surface area contributed by atoms with Crippen LogP contribution in [0.1, 0.15) is 6.92 Å². The van der Waals surface area contributed by atoms with Crippen LogP contribution in [0.15, 0.2) is 18.2 Å². The van der Waals surface area contributed by atoms with Gasteiger partial charge in [0.2, 0.25) is 5.91 Å². The predicted octanol–water partition coefficient (Wildman–Crippen LogP) is 2.96. The smallest absolute Gasteiger partial charge is 0.370 e. The highest BCUT2D eigenvalue weighted by Crippen LogP contribution is 2.25. The first-order valence-electron chi connectivity index (χ1n) is 5.25. The minimum absolute atomic E-state index is 0.0375. The lowest BCUT2D eigenvalue weighted by Gasteiger charge is -2.17. The molecule has 0 saturated heterocycles. The summed E-state index contributed by atoms with van der Waals surface area (Å²) in [7, 11) is 0. The van der Waals surface area contributed by atoms with Crippen molar-refractivity contribution in [1.82, 2.24) is 5.32 Å². The number of rotatable bonds is 4. The summed E-state index contributed by atoms with van der Waals surface area (Å²) in [5.41, 5.74) is -0.126. The molecule has 0 fully saturated rings. The zero-order valence-electron chi connectivity index (χ0n) is 9.81. The maximum atomic E-state index is 13.4. The van der Waals surface area contributed by atoms with Crippen molar-refractivity contribution >= 4 is 23.2 Å². The Bertz CT molecular complexity index is 444. The molecule has 1 unspecified atom stereocenters. The first-order chi connectivity index (χ1) is 8.70. The zero-order valence-corrected chi connectivity index (χ0v) is 10.6. The fourth-order valence-corrected chi connectivity index (χ4v) is 1.48. The number of hydrogen-bond acceptors (Lipinski definition) is 2. The van der Waals surface area contributed by atoms with Crippen LogP contribution in [-0.4, -0.2) is 24.7 Å². The molecular formula is C11H11ClF4N2O. The van der Waals surface area contributed by atoms with Crippen LogP contribution in [0.3, 0.4) is 0 Å². The van der Waals surface area contributed by atoms with Gasteiger partial charge < -0.3 is 10.6 Å². The Labute approximate surface area is 111 Å². The summed E-state index contributed by atoms with van der Waals surface area (Å²) in [6, 6.07) is 2.83. The summed E-state index contributed by atoms with van der Waals surface area (Å²) in [6.07, 6.45) is -4.50. The predicted molar refractivity (Wildman–Crippen MR) is 63.6 cm³/mol. The van der Waals surface area contributed by atoms with Crippen LogP contribution in [-0.2, 0) is 4.79 Å². The molecule has 0 spiro atoms. The van der Waals surface area contributed by atoms with E-state index in [-0.39, 0.29) is 10.7 Å². The normalized spacial score (nSPS) is 12.9. The third kappa shape index (κ3) is 4.94. The SMILES string of the molecule is CC(Nc1c(F)cccc1Cl)C(=O)NCC(F)(F)F. The van der Waals surface area contributed by atoms with Gasteiger partial charge in [0, 0.05) is 0 Å². The highest BCUT2D eigenvalue weighted by molar-refractivity contribution is 6.33. The molecule has 0 heterocycles. The highest BCUT2D eigenvalue weighted by Gasteiger charge is 2.28. The molecule has 0 radical (unpaired) electrons. The van der Waals surface area contributed by atoms with Gasteiger partial charge in [0.25, 0.3) is 0 Å². The van der Waals surface area contributed by atoms with Crippen molar-refractivity contribution in [2.75, 3.05) is 11.9 Å². The molecule has 106 valence electrons. The van der Waals surface area contributed by atoms with E-state index >= 15 is 0 Å². The number of carbonyl (C=O) groups excluding carboxylic acids is 1. The van der Waals surface area contributed by atoms with Gasteiger partial charge in [0.1, 0.15) is 18.4 Å². The van der Waals surface area contributed by atoms with E-state index in [9.17, 15) is 22.4 Å². The maximum Gasteiger partial charge on any atom is 0.405 e. The van der Waals surface area contributed by atoms with E-state index < -0.39 is 30.5 Å². The first-order valence-corrected chi connectivity index (χ1v) is 5.63. The largest absolute Gasteiger partial charge is 0.405 e. The van der Waals surface area contributed by atoms with Crippen molar-refractivity contribution < 1.29 is 22.4 Å². The second-order valence-corrected chi connectivity index (χ2v) is 4.20. The number of hydrogen-bond donors (Lipinski definition) is 2. The molecule has 0 aliphatic rings. The Morgan fingerprint density at radius 3 is 2.58 bits per heavy atom. The van der Waals surface area contributed by atoms with Gasteiger partial charge in [-0.15, -0.1) is 0 Å². The zero-order chi connectivity index (χ0) is 14.6. The summed E-state index contributed by atoms with van der Waals surface area (Å²) >= 11 is 5.71. The third-order valence-corrected chi connectivity index (χ3v) is 2.49. The highest BCUT2D eigenvalue weighted by atomic mass is 35.5. The Hall–Kier alpha value is -1.50. The molecule has 0 aliphatic heterocycles. The monoisotopic (exact) mass is 298 g/mol. The van der Waals surface area contributed by atoms with E-state index in [2.05, 4.69) is 5.32 Å². The lowest BCUT2D eigenvalue weighted by atomic mass is 10.2. The van der Waals surface area contributed by atoms with E-state index in [1.54, 1.807) is 5.32 Å². The Morgan fingerprint density at radius 1 is 1.42 bits per heavy atom. The van der Waals surface area contributed by atoms with Crippen LogP contribution in [0.2, 0.25) is 5.02 Å². The van der Waals surface area contributed by atoms with Crippen molar-refractivity contribution in [2.24, 2.45) is 0 Å². The van der Waals surface area contributed by atoms with Crippen molar-refractivity contribution in [3.05, 3.63) is 29.0 Å². The van der Waals surface area contributed by atoms with Gasteiger partial charge in [-0.25, -0.2) is 4.39 Å². The van der Waals surface area contributed by atoms with Gasteiger partial charge in [-0.05, 0) is 19.1 Å². The second kappa shape index (κ2) is 6.10. The molecule has 1 amide bonds. The fraction of sp³-hybridized carbons (Fsp3) is 0.364. The average molecular weight is 299 g/mol. The van der Waals surface area contributed by atoms with Crippen LogP contribution < -0.4 is 10.6 Å². The van der Waals surface area contributed by atoms with E-state index in [4.69, 9.17) is 11.6 Å². The summed E-state index contributed by atoms with van der Waals surface area (Å²) in [4.78, 5) is 11.4. The Morgan fingerprint density at radius 2 is 2.05 bits per heavy atom. The minimum Gasteiger partial charge on any atom is -0.370 e. The number of nitrogens with one attached hydrogen (secondary N) is 2. The van der Waals surface area contributed by atoms with E-state index in [0.717, 1.165) is 6.07 Å². The maximum absolute atomic E-state index is 13.4. The summed E-state index contributed by atoms with van der Waals surface area (Å²) in [5.74, 6) is -1.60. The molecule has 19 heavy (non-hydrogen) atoms. The van der Waals surface area contributed by atoms with Gasteiger partial charge in [-0.2, -0.15) is 13.2 Å². The summed E-state index contributed by atoms with van der Waals surface area (Å²) in [6.45, 7) is -0.142. The summed E-state index contributed by atoms with van der Waals surface area (Å²) < 4.78 is 49.1. The first kappa shape index (κ1) is 15.6. The van der Waals surface area contributed by atoms with Gasteiger partial charge in [0.15, 0.2) is 0 Å². The van der Waals surface area contributed by atoms with E-state index in [0.29, 0.717) is 0 Å². The van der Waals surface area contributed by atoms with Crippen LogP contribution in [0.4, 0.5) is 23.2 Å². The number of amides is 1. The Balaban J connectivity index is 2.64. The number of para-hydroxylation sites is 1. The molecule has 1 aromatic carbocycles. The number of carbonyl (C=O) groups is 1. The van der Waals surface area contributed by atoms with Crippen LogP contribution >= 0.6 is 11.6 Å². The lowest BCUT2D eigenvalue weighted by Crippen LogP contribution is -2.42. The quantitative estimate of drug-likeness (QED) is 0.839. The fourth-order valence-electron chi connectivity index (χ4n) is 1.26. The number of halogens is 5. The van der Waals surface area contributed by atoms with Crippen molar-refractivity contribution in [1.29, 1.82) is 0 Å². The van der Waals surface area contributed by atoms with Crippen LogP contribution in [0.5, 0.6) is 0 Å². The molecule has 8 heteroatoms. The molecule has 0 aliphatic carbocycles. The van der Waals surface area contributed by atoms with E-state index in [1.165, 1.54) is 19.1 Å². The lowest BCUT2D eigenvalue weighted by molar-refractivity contribution is -0.138. The standard InChI is InChI=1S/C11H11ClF4N2O/c1-6(10(19)17-5-11(14,15)16)18-9-7(12)3-2-4-8(9)13/h2-4,6,18H,5H2,1H3,(H,17,19). The number of benzene rings is 1. The molecule has 3 nitrogen and oxygen atoms in total. The third-order valence-electron chi connectivity index (χ3n) is 2.18. The molecule has 0 saturated carbocycles. The van der Waals surface area contributed by atoms with Gasteiger partial charge in [-0.3, -0.25) is 4.79 Å². The van der Waals surface area contributed by atoms with Crippen molar-refractivity contribution in [2.45, 2.75) is 19.1 Å². The summed E-state index contributed by atoms with van der Waals surface area (Å²) in [5, 5.41) is 4.16.